The van der Waals surface area contributed by atoms with Gasteiger partial charge in [0, 0.05) is 0 Å². The molecule has 6 nitrogen and oxygen atoms in total. The van der Waals surface area contributed by atoms with E-state index in [9.17, 15) is 19.1 Å². The van der Waals surface area contributed by atoms with Crippen molar-refractivity contribution in [1.29, 1.82) is 0 Å². The number of rotatable bonds is 3. The van der Waals surface area contributed by atoms with Gasteiger partial charge in [-0.15, -0.1) is 0 Å². The van der Waals surface area contributed by atoms with Gasteiger partial charge in [0.05, 0.1) is 29.3 Å². The summed E-state index contributed by atoms with van der Waals surface area (Å²) in [7, 11) is 0. The van der Waals surface area contributed by atoms with E-state index >= 15 is 0 Å². The fourth-order valence-corrected chi connectivity index (χ4v) is 2.89. The van der Waals surface area contributed by atoms with Gasteiger partial charge in [0.25, 0.3) is 5.56 Å². The van der Waals surface area contributed by atoms with Gasteiger partial charge in [0.2, 0.25) is 0 Å². The average Bonchev–Trinajstić information content (AvgIpc) is 3.10. The summed E-state index contributed by atoms with van der Waals surface area (Å²) in [6.45, 7) is 0.195. The van der Waals surface area contributed by atoms with E-state index in [0.717, 1.165) is 5.56 Å². The van der Waals surface area contributed by atoms with E-state index in [2.05, 4.69) is 5.10 Å². The number of hydrogen-bond acceptors (Lipinski definition) is 3. The highest BCUT2D eigenvalue weighted by Crippen LogP contribution is 2.18. The van der Waals surface area contributed by atoms with E-state index in [-0.39, 0.29) is 23.5 Å². The third kappa shape index (κ3) is 2.46. The van der Waals surface area contributed by atoms with Crippen LogP contribution in [0.4, 0.5) is 4.39 Å². The van der Waals surface area contributed by atoms with Crippen molar-refractivity contribution in [2.24, 2.45) is 0 Å². The van der Waals surface area contributed by atoms with Gasteiger partial charge < -0.3 is 9.67 Å². The molecule has 0 amide bonds. The van der Waals surface area contributed by atoms with Crippen LogP contribution in [-0.4, -0.2) is 25.3 Å². The fraction of sp³-hybridized carbons (Fsp3) is 0.0556. The van der Waals surface area contributed by atoms with Crippen molar-refractivity contribution in [3.63, 3.8) is 0 Å². The summed E-state index contributed by atoms with van der Waals surface area (Å²) in [4.78, 5) is 24.1. The molecule has 0 unspecified atom stereocenters. The molecule has 0 aliphatic heterocycles. The lowest BCUT2D eigenvalue weighted by atomic mass is 10.1. The molecular weight excluding hydrogens is 325 g/mol. The van der Waals surface area contributed by atoms with Gasteiger partial charge in [0.1, 0.15) is 11.3 Å². The topological polar surface area (TPSA) is 76.6 Å². The van der Waals surface area contributed by atoms with Crippen molar-refractivity contribution in [3.8, 4) is 0 Å². The van der Waals surface area contributed by atoms with Gasteiger partial charge in [-0.05, 0) is 42.0 Å². The van der Waals surface area contributed by atoms with E-state index in [0.29, 0.717) is 16.6 Å². The normalized spacial score (nSPS) is 11.2. The van der Waals surface area contributed by atoms with Gasteiger partial charge in [-0.1, -0.05) is 12.1 Å². The summed E-state index contributed by atoms with van der Waals surface area (Å²) in [5.74, 6) is -1.44. The minimum Gasteiger partial charge on any atom is -0.478 e. The highest BCUT2D eigenvalue weighted by atomic mass is 19.1. The Morgan fingerprint density at radius 2 is 1.80 bits per heavy atom. The second kappa shape index (κ2) is 5.55. The minimum absolute atomic E-state index is 0.0752. The summed E-state index contributed by atoms with van der Waals surface area (Å²) in [5.41, 5.74) is 1.97. The molecule has 4 aromatic rings. The number of carboxylic acid groups (broad SMARTS) is 1. The Hall–Kier alpha value is -3.48. The molecule has 0 atom stereocenters. The quantitative estimate of drug-likeness (QED) is 0.623. The van der Waals surface area contributed by atoms with Crippen LogP contribution >= 0.6 is 0 Å². The molecule has 0 fully saturated rings. The highest BCUT2D eigenvalue weighted by molar-refractivity contribution is 5.92. The smallest absolute Gasteiger partial charge is 0.335 e. The maximum absolute atomic E-state index is 13.1. The molecule has 0 spiro atoms. The number of hydrogen-bond donors (Lipinski definition) is 1. The molecule has 0 radical (unpaired) electrons. The number of nitrogens with zero attached hydrogens (tertiary/aromatic N) is 3. The van der Waals surface area contributed by atoms with Crippen LogP contribution in [0.5, 0.6) is 0 Å². The molecule has 0 bridgehead atoms. The predicted molar refractivity (Wildman–Crippen MR) is 89.4 cm³/mol. The maximum Gasteiger partial charge on any atom is 0.335 e. The molecule has 0 saturated carbocycles. The largest absolute Gasteiger partial charge is 0.478 e. The number of aromatic nitrogens is 3. The number of fused-ring (bicyclic) bond motifs is 3. The molecule has 0 saturated heterocycles. The molecule has 2 aromatic heterocycles. The number of carbonyl (C=O) groups is 1. The molecule has 4 rings (SSSR count). The fourth-order valence-electron chi connectivity index (χ4n) is 2.89. The van der Waals surface area contributed by atoms with E-state index in [1.165, 1.54) is 39.5 Å². The first-order valence-corrected chi connectivity index (χ1v) is 7.52. The summed E-state index contributed by atoms with van der Waals surface area (Å²) in [6, 6.07) is 12.0. The number of halogens is 1. The van der Waals surface area contributed by atoms with Crippen molar-refractivity contribution < 1.29 is 14.3 Å². The van der Waals surface area contributed by atoms with Gasteiger partial charge >= 0.3 is 5.97 Å². The molecule has 25 heavy (non-hydrogen) atoms. The summed E-state index contributed by atoms with van der Waals surface area (Å²) in [6.07, 6.45) is 1.52. The van der Waals surface area contributed by atoms with Crippen LogP contribution < -0.4 is 5.56 Å². The Morgan fingerprint density at radius 3 is 2.52 bits per heavy atom. The summed E-state index contributed by atoms with van der Waals surface area (Å²) in [5, 5.41) is 13.4. The average molecular weight is 337 g/mol. The lowest BCUT2D eigenvalue weighted by molar-refractivity contribution is 0.0697. The standard InChI is InChI=1S/C18H12FN3O3/c19-13-4-1-11(2-5-13)10-21-16-9-12(18(24)25)3-6-14(16)22-15(17(21)23)7-8-20-22/h1-9H,10H2,(H,24,25). The molecule has 1 N–H and O–H groups in total. The molecule has 124 valence electrons. The molecule has 0 aliphatic rings. The van der Waals surface area contributed by atoms with Crippen molar-refractivity contribution in [2.75, 3.05) is 0 Å². The van der Waals surface area contributed by atoms with E-state index < -0.39 is 5.97 Å². The van der Waals surface area contributed by atoms with Crippen molar-refractivity contribution in [2.45, 2.75) is 6.54 Å². The lowest BCUT2D eigenvalue weighted by Crippen LogP contribution is -2.24. The van der Waals surface area contributed by atoms with Crippen LogP contribution in [-0.2, 0) is 6.54 Å². The monoisotopic (exact) mass is 337 g/mol. The van der Waals surface area contributed by atoms with Gasteiger partial charge in [-0.3, -0.25) is 4.79 Å². The summed E-state index contributed by atoms with van der Waals surface area (Å²) < 4.78 is 16.1. The predicted octanol–water partition coefficient (Wildman–Crippen LogP) is 2.53. The van der Waals surface area contributed by atoms with Crippen molar-refractivity contribution in [3.05, 3.63) is 82.0 Å². The molecular formula is C18H12FN3O3. The number of benzene rings is 2. The summed E-state index contributed by atoms with van der Waals surface area (Å²) >= 11 is 0. The SMILES string of the molecule is O=C(O)c1ccc2c(c1)n(Cc1ccc(F)cc1)c(=O)c1ccnn12. The Labute approximate surface area is 140 Å². The van der Waals surface area contributed by atoms with Crippen molar-refractivity contribution >= 4 is 22.5 Å². The zero-order valence-electron chi connectivity index (χ0n) is 12.9. The van der Waals surface area contributed by atoms with Crippen LogP contribution in [0.25, 0.3) is 16.6 Å². The van der Waals surface area contributed by atoms with E-state index in [1.807, 2.05) is 0 Å². The highest BCUT2D eigenvalue weighted by Gasteiger charge is 2.14. The van der Waals surface area contributed by atoms with Crippen LogP contribution in [0, 0.1) is 5.82 Å². The second-order valence-electron chi connectivity index (χ2n) is 5.65. The molecule has 7 heteroatoms. The molecule has 2 heterocycles. The Bertz CT molecular complexity index is 1180. The van der Waals surface area contributed by atoms with Gasteiger partial charge in [-0.25, -0.2) is 13.7 Å². The van der Waals surface area contributed by atoms with Crippen LogP contribution in [0.15, 0.2) is 59.5 Å². The first kappa shape index (κ1) is 15.1. The minimum atomic E-state index is -1.08. The zero-order chi connectivity index (χ0) is 17.6. The number of aromatic carboxylic acids is 1. The van der Waals surface area contributed by atoms with E-state index in [4.69, 9.17) is 0 Å². The third-order valence-corrected chi connectivity index (χ3v) is 4.10. The van der Waals surface area contributed by atoms with E-state index in [1.54, 1.807) is 24.3 Å². The Kier molecular flexibility index (Phi) is 3.35. The van der Waals surface area contributed by atoms with Crippen LogP contribution in [0.1, 0.15) is 15.9 Å². The second-order valence-corrected chi connectivity index (χ2v) is 5.65. The van der Waals surface area contributed by atoms with Crippen LogP contribution in [0.3, 0.4) is 0 Å². The first-order valence-electron chi connectivity index (χ1n) is 7.52. The lowest BCUT2D eigenvalue weighted by Gasteiger charge is -2.13. The Balaban J connectivity index is 2.02. The molecule has 0 aliphatic carbocycles. The third-order valence-electron chi connectivity index (χ3n) is 4.10. The zero-order valence-corrected chi connectivity index (χ0v) is 12.9. The van der Waals surface area contributed by atoms with Crippen LogP contribution in [0.2, 0.25) is 0 Å². The molecule has 2 aromatic carbocycles. The first-order chi connectivity index (χ1) is 12.0. The van der Waals surface area contributed by atoms with Gasteiger partial charge in [-0.2, -0.15) is 5.10 Å². The maximum atomic E-state index is 13.1. The van der Waals surface area contributed by atoms with Crippen molar-refractivity contribution in [1.82, 2.24) is 14.2 Å². The van der Waals surface area contributed by atoms with Gasteiger partial charge in [0.15, 0.2) is 0 Å². The Morgan fingerprint density at radius 1 is 1.04 bits per heavy atom. The number of carboxylic acids is 1.